The first-order chi connectivity index (χ1) is 12.5. The summed E-state index contributed by atoms with van der Waals surface area (Å²) in [5, 5.41) is 2.96. The van der Waals surface area contributed by atoms with E-state index >= 15 is 0 Å². The van der Waals surface area contributed by atoms with Gasteiger partial charge in [-0.15, -0.1) is 0 Å². The molecule has 1 aliphatic heterocycles. The predicted molar refractivity (Wildman–Crippen MR) is 101 cm³/mol. The molecule has 1 atom stereocenters. The summed E-state index contributed by atoms with van der Waals surface area (Å²) in [5.74, 6) is -0.332. The minimum absolute atomic E-state index is 0.105. The van der Waals surface area contributed by atoms with Crippen molar-refractivity contribution in [3.63, 3.8) is 0 Å². The summed E-state index contributed by atoms with van der Waals surface area (Å²) >= 11 is 6.16. The fourth-order valence-corrected chi connectivity index (χ4v) is 2.98. The molecule has 2 aromatic rings. The molecule has 1 unspecified atom stereocenters. The Bertz CT molecular complexity index is 847. The van der Waals surface area contributed by atoms with Crippen LogP contribution in [0.25, 0.3) is 0 Å². The standard InChI is InChI=1S/C20H19ClN2O3/c1-3-26-16-11-9-15(10-12-16)23-19(24)17(21)18(20(23)25)22-13(2)14-7-5-4-6-8-14/h4-13,22H,3H2,1-2H3. The van der Waals surface area contributed by atoms with Crippen molar-refractivity contribution < 1.29 is 14.3 Å². The summed E-state index contributed by atoms with van der Waals surface area (Å²) in [5.41, 5.74) is 1.55. The Hall–Kier alpha value is -2.79. The lowest BCUT2D eigenvalue weighted by molar-refractivity contribution is -0.120. The van der Waals surface area contributed by atoms with Gasteiger partial charge in [-0.1, -0.05) is 41.9 Å². The number of nitrogens with zero attached hydrogens (tertiary/aromatic N) is 1. The van der Waals surface area contributed by atoms with Crippen molar-refractivity contribution in [1.82, 2.24) is 5.32 Å². The molecule has 5 nitrogen and oxygen atoms in total. The highest BCUT2D eigenvalue weighted by atomic mass is 35.5. The molecule has 1 N–H and O–H groups in total. The molecular formula is C20H19ClN2O3. The zero-order valence-corrected chi connectivity index (χ0v) is 15.3. The van der Waals surface area contributed by atoms with Crippen LogP contribution in [0.5, 0.6) is 5.75 Å². The molecule has 1 aliphatic rings. The van der Waals surface area contributed by atoms with E-state index < -0.39 is 11.8 Å². The zero-order chi connectivity index (χ0) is 18.7. The van der Waals surface area contributed by atoms with Crippen LogP contribution < -0.4 is 15.0 Å². The van der Waals surface area contributed by atoms with Gasteiger partial charge >= 0.3 is 0 Å². The van der Waals surface area contributed by atoms with Crippen LogP contribution in [-0.4, -0.2) is 18.4 Å². The van der Waals surface area contributed by atoms with Gasteiger partial charge in [-0.25, -0.2) is 4.90 Å². The van der Waals surface area contributed by atoms with Gasteiger partial charge in [0.05, 0.1) is 12.3 Å². The topological polar surface area (TPSA) is 58.6 Å². The first-order valence-corrected chi connectivity index (χ1v) is 8.73. The predicted octanol–water partition coefficient (Wildman–Crippen LogP) is 3.76. The molecule has 0 radical (unpaired) electrons. The highest BCUT2D eigenvalue weighted by Crippen LogP contribution is 2.30. The van der Waals surface area contributed by atoms with E-state index in [2.05, 4.69) is 5.32 Å². The SMILES string of the molecule is CCOc1ccc(N2C(=O)C(Cl)=C(NC(C)c3ccccc3)C2=O)cc1. The quantitative estimate of drug-likeness (QED) is 0.786. The second-order valence-electron chi connectivity index (χ2n) is 5.84. The Labute approximate surface area is 157 Å². The molecule has 0 saturated carbocycles. The third kappa shape index (κ3) is 3.44. The second-order valence-corrected chi connectivity index (χ2v) is 6.22. The maximum absolute atomic E-state index is 12.8. The number of hydrogen-bond acceptors (Lipinski definition) is 4. The van der Waals surface area contributed by atoms with E-state index in [4.69, 9.17) is 16.3 Å². The normalized spacial score (nSPS) is 15.4. The smallest absolute Gasteiger partial charge is 0.283 e. The molecule has 2 amide bonds. The average molecular weight is 371 g/mol. The number of rotatable bonds is 6. The van der Waals surface area contributed by atoms with Gasteiger partial charge in [0.25, 0.3) is 11.8 Å². The zero-order valence-electron chi connectivity index (χ0n) is 14.5. The lowest BCUT2D eigenvalue weighted by Crippen LogP contribution is -2.34. The highest BCUT2D eigenvalue weighted by Gasteiger charge is 2.39. The molecule has 0 spiro atoms. The molecule has 3 rings (SSSR count). The maximum atomic E-state index is 12.8. The van der Waals surface area contributed by atoms with E-state index in [1.165, 1.54) is 0 Å². The van der Waals surface area contributed by atoms with Crippen molar-refractivity contribution in [2.45, 2.75) is 19.9 Å². The number of carbonyl (C=O) groups excluding carboxylic acids is 2. The van der Waals surface area contributed by atoms with Crippen LogP contribution in [0.2, 0.25) is 0 Å². The molecule has 26 heavy (non-hydrogen) atoms. The largest absolute Gasteiger partial charge is 0.494 e. The number of halogens is 1. The molecular weight excluding hydrogens is 352 g/mol. The lowest BCUT2D eigenvalue weighted by atomic mass is 10.1. The Morgan fingerprint density at radius 2 is 1.69 bits per heavy atom. The molecule has 0 aromatic heterocycles. The number of anilines is 1. The number of benzene rings is 2. The summed E-state index contributed by atoms with van der Waals surface area (Å²) < 4.78 is 5.38. The number of nitrogens with one attached hydrogen (secondary N) is 1. The van der Waals surface area contributed by atoms with Gasteiger partial charge in [0.2, 0.25) is 0 Å². The Morgan fingerprint density at radius 1 is 1.04 bits per heavy atom. The van der Waals surface area contributed by atoms with Crippen molar-refractivity contribution in [3.05, 3.63) is 70.9 Å². The molecule has 134 valence electrons. The summed E-state index contributed by atoms with van der Waals surface area (Å²) in [7, 11) is 0. The van der Waals surface area contributed by atoms with Crippen LogP contribution in [0.1, 0.15) is 25.5 Å². The van der Waals surface area contributed by atoms with E-state index in [1.807, 2.05) is 44.2 Å². The van der Waals surface area contributed by atoms with Crippen LogP contribution in [0, 0.1) is 0 Å². The van der Waals surface area contributed by atoms with E-state index in [-0.39, 0.29) is 16.8 Å². The molecule has 0 fully saturated rings. The first kappa shape index (κ1) is 18.0. The Morgan fingerprint density at radius 3 is 2.31 bits per heavy atom. The van der Waals surface area contributed by atoms with Crippen LogP contribution in [-0.2, 0) is 9.59 Å². The van der Waals surface area contributed by atoms with E-state index in [0.29, 0.717) is 18.0 Å². The van der Waals surface area contributed by atoms with E-state index in [1.54, 1.807) is 24.3 Å². The minimum Gasteiger partial charge on any atom is -0.494 e. The molecule has 0 bridgehead atoms. The highest BCUT2D eigenvalue weighted by molar-refractivity contribution is 6.52. The van der Waals surface area contributed by atoms with Crippen molar-refractivity contribution in [2.75, 3.05) is 11.5 Å². The second kappa shape index (κ2) is 7.62. The van der Waals surface area contributed by atoms with Crippen LogP contribution in [0.4, 0.5) is 5.69 Å². The average Bonchev–Trinajstić information content (AvgIpc) is 2.87. The van der Waals surface area contributed by atoms with Gasteiger partial charge in [0.15, 0.2) is 0 Å². The van der Waals surface area contributed by atoms with Gasteiger partial charge < -0.3 is 10.1 Å². The van der Waals surface area contributed by atoms with Crippen LogP contribution in [0.3, 0.4) is 0 Å². The lowest BCUT2D eigenvalue weighted by Gasteiger charge is -2.18. The van der Waals surface area contributed by atoms with Gasteiger partial charge in [-0.05, 0) is 43.7 Å². The first-order valence-electron chi connectivity index (χ1n) is 8.35. The molecule has 0 saturated heterocycles. The third-order valence-corrected chi connectivity index (χ3v) is 4.44. The minimum atomic E-state index is -0.538. The van der Waals surface area contributed by atoms with Gasteiger partial charge in [-0.2, -0.15) is 0 Å². The fourth-order valence-electron chi connectivity index (χ4n) is 2.76. The molecule has 0 aliphatic carbocycles. The maximum Gasteiger partial charge on any atom is 0.283 e. The van der Waals surface area contributed by atoms with Crippen LogP contribution in [0.15, 0.2) is 65.3 Å². The molecule has 1 heterocycles. The van der Waals surface area contributed by atoms with Crippen LogP contribution >= 0.6 is 11.6 Å². The van der Waals surface area contributed by atoms with E-state index in [9.17, 15) is 9.59 Å². The third-order valence-electron chi connectivity index (χ3n) is 4.09. The monoisotopic (exact) mass is 370 g/mol. The summed E-state index contributed by atoms with van der Waals surface area (Å²) in [4.78, 5) is 26.3. The van der Waals surface area contributed by atoms with Gasteiger partial charge in [0, 0.05) is 6.04 Å². The molecule has 2 aromatic carbocycles. The van der Waals surface area contributed by atoms with Crippen molar-refractivity contribution in [1.29, 1.82) is 0 Å². The Balaban J connectivity index is 1.81. The molecule has 6 heteroatoms. The Kier molecular flexibility index (Phi) is 5.28. The van der Waals surface area contributed by atoms with Crippen molar-refractivity contribution in [2.24, 2.45) is 0 Å². The van der Waals surface area contributed by atoms with Crippen molar-refractivity contribution >= 4 is 29.1 Å². The van der Waals surface area contributed by atoms with Gasteiger partial charge in [-0.3, -0.25) is 9.59 Å². The summed E-state index contributed by atoms with van der Waals surface area (Å²) in [6.45, 7) is 4.33. The fraction of sp³-hybridized carbons (Fsp3) is 0.200. The number of amides is 2. The number of hydrogen-bond donors (Lipinski definition) is 1. The van der Waals surface area contributed by atoms with E-state index in [0.717, 1.165) is 10.5 Å². The number of imide groups is 1. The number of carbonyl (C=O) groups is 2. The summed E-state index contributed by atoms with van der Waals surface area (Å²) in [6.07, 6.45) is 0. The van der Waals surface area contributed by atoms with Crippen molar-refractivity contribution in [3.8, 4) is 5.75 Å². The van der Waals surface area contributed by atoms with Gasteiger partial charge in [0.1, 0.15) is 16.5 Å². The summed E-state index contributed by atoms with van der Waals surface area (Å²) in [6, 6.07) is 16.2. The number of ether oxygens (including phenoxy) is 1.